The largest absolute Gasteiger partial charge is 0.452 e. The Balaban J connectivity index is 2.10. The van der Waals surface area contributed by atoms with Crippen molar-refractivity contribution in [2.45, 2.75) is 0 Å². The van der Waals surface area contributed by atoms with E-state index in [9.17, 15) is 9.18 Å². The molecule has 3 rings (SSSR count). The van der Waals surface area contributed by atoms with Crippen LogP contribution in [0.25, 0.3) is 12.0 Å². The Labute approximate surface area is 149 Å². The van der Waals surface area contributed by atoms with Gasteiger partial charge in [0.15, 0.2) is 5.75 Å². The van der Waals surface area contributed by atoms with E-state index in [-0.39, 0.29) is 17.1 Å². The second-order valence-electron chi connectivity index (χ2n) is 5.88. The zero-order valence-electron chi connectivity index (χ0n) is 14.4. The topological polar surface area (TPSA) is 95.7 Å². The summed E-state index contributed by atoms with van der Waals surface area (Å²) in [5.74, 6) is 0.501. The Morgan fingerprint density at radius 2 is 1.92 bits per heavy atom. The van der Waals surface area contributed by atoms with E-state index in [1.807, 2.05) is 4.90 Å². The van der Waals surface area contributed by atoms with Gasteiger partial charge in [0.05, 0.1) is 18.6 Å². The molecule has 4 N–H and O–H groups in total. The van der Waals surface area contributed by atoms with Gasteiger partial charge < -0.3 is 30.4 Å². The monoisotopic (exact) mass is 360 g/mol. The molecule has 1 fully saturated rings. The molecule has 0 bridgehead atoms. The number of pyridine rings is 1. The van der Waals surface area contributed by atoms with Crippen molar-refractivity contribution < 1.29 is 13.9 Å². The van der Waals surface area contributed by atoms with E-state index >= 15 is 0 Å². The third-order valence-corrected chi connectivity index (χ3v) is 4.23. The first-order chi connectivity index (χ1) is 12.5. The van der Waals surface area contributed by atoms with Crippen LogP contribution in [0.4, 0.5) is 4.39 Å². The third kappa shape index (κ3) is 3.50. The first kappa shape index (κ1) is 17.8. The normalized spacial score (nSPS) is 16.5. The number of hydrogen-bond donors (Lipinski definition) is 2. The standard InChI is InChI=1S/C18H21FN4O3/c1-22-16(17(21)23-6-8-25-9-7-23)12(11-20)10-15(18(22)24)26-14-4-2-13(19)3-5-14/h2-5,10-11H,6-9,20-21H2,1H3/b12-11-,17-16-. The maximum Gasteiger partial charge on any atom is 0.293 e. The average Bonchev–Trinajstić information content (AvgIpc) is 2.67. The molecule has 0 amide bonds. The SMILES string of the molecule is Cn1c(=O)c(Oc2ccc(F)cc2)cc(=C/N)/c1=C(\N)N1CCOCC1. The zero-order valence-corrected chi connectivity index (χ0v) is 14.4. The van der Waals surface area contributed by atoms with Crippen LogP contribution in [0, 0.1) is 5.82 Å². The van der Waals surface area contributed by atoms with Crippen LogP contribution in [0.3, 0.4) is 0 Å². The summed E-state index contributed by atoms with van der Waals surface area (Å²) in [5.41, 5.74) is 11.7. The van der Waals surface area contributed by atoms with E-state index in [0.29, 0.717) is 48.4 Å². The van der Waals surface area contributed by atoms with Crippen molar-refractivity contribution in [1.29, 1.82) is 0 Å². The summed E-state index contributed by atoms with van der Waals surface area (Å²) < 4.78 is 25.4. The fourth-order valence-corrected chi connectivity index (χ4v) is 2.84. The molecule has 0 aliphatic carbocycles. The van der Waals surface area contributed by atoms with Crippen molar-refractivity contribution >= 4 is 12.0 Å². The first-order valence-electron chi connectivity index (χ1n) is 8.19. The van der Waals surface area contributed by atoms with Gasteiger partial charge in [0.2, 0.25) is 0 Å². The van der Waals surface area contributed by atoms with Gasteiger partial charge in [0.1, 0.15) is 17.4 Å². The molecule has 0 unspecified atom stereocenters. The molecular formula is C18H21FN4O3. The number of nitrogens with two attached hydrogens (primary N) is 2. The lowest BCUT2D eigenvalue weighted by atomic mass is 10.3. The number of halogens is 1. The van der Waals surface area contributed by atoms with Gasteiger partial charge in [-0.1, -0.05) is 0 Å². The summed E-state index contributed by atoms with van der Waals surface area (Å²) in [6, 6.07) is 6.95. The molecule has 0 atom stereocenters. The molecule has 138 valence electrons. The molecule has 7 nitrogen and oxygen atoms in total. The highest BCUT2D eigenvalue weighted by Gasteiger charge is 2.15. The van der Waals surface area contributed by atoms with Crippen LogP contribution in [-0.2, 0) is 11.8 Å². The number of benzene rings is 1. The highest BCUT2D eigenvalue weighted by atomic mass is 19.1. The lowest BCUT2D eigenvalue weighted by molar-refractivity contribution is 0.0624. The van der Waals surface area contributed by atoms with E-state index in [1.165, 1.54) is 41.1 Å². The van der Waals surface area contributed by atoms with Crippen LogP contribution < -0.4 is 32.3 Å². The molecule has 0 saturated carbocycles. The molecule has 0 spiro atoms. The molecule has 1 aromatic heterocycles. The fourth-order valence-electron chi connectivity index (χ4n) is 2.84. The van der Waals surface area contributed by atoms with Gasteiger partial charge in [-0.2, -0.15) is 0 Å². The Morgan fingerprint density at radius 1 is 1.27 bits per heavy atom. The molecule has 26 heavy (non-hydrogen) atoms. The maximum absolute atomic E-state index is 13.0. The van der Waals surface area contributed by atoms with Gasteiger partial charge in [0.25, 0.3) is 5.56 Å². The number of nitrogens with zero attached hydrogens (tertiary/aromatic N) is 2. The van der Waals surface area contributed by atoms with E-state index in [0.717, 1.165) is 0 Å². The second-order valence-corrected chi connectivity index (χ2v) is 5.88. The lowest BCUT2D eigenvalue weighted by Gasteiger charge is -2.29. The molecule has 2 aromatic rings. The zero-order chi connectivity index (χ0) is 18.7. The van der Waals surface area contributed by atoms with E-state index in [1.54, 1.807) is 7.05 Å². The van der Waals surface area contributed by atoms with Gasteiger partial charge >= 0.3 is 0 Å². The number of hydrogen-bond acceptors (Lipinski definition) is 6. The van der Waals surface area contributed by atoms with Gasteiger partial charge in [0, 0.05) is 31.6 Å². The van der Waals surface area contributed by atoms with Crippen LogP contribution in [0.5, 0.6) is 11.5 Å². The van der Waals surface area contributed by atoms with E-state index < -0.39 is 0 Å². The summed E-state index contributed by atoms with van der Waals surface area (Å²) >= 11 is 0. The minimum atomic E-state index is -0.385. The molecule has 0 radical (unpaired) electrons. The van der Waals surface area contributed by atoms with Crippen LogP contribution in [0.1, 0.15) is 0 Å². The number of morpholine rings is 1. The number of ether oxygens (including phenoxy) is 2. The molecule has 1 aromatic carbocycles. The van der Waals surface area contributed by atoms with Crippen LogP contribution in [0.2, 0.25) is 0 Å². The molecular weight excluding hydrogens is 339 g/mol. The number of rotatable bonds is 3. The van der Waals surface area contributed by atoms with Crippen LogP contribution in [-0.4, -0.2) is 35.8 Å². The second kappa shape index (κ2) is 7.49. The van der Waals surface area contributed by atoms with Gasteiger partial charge in [-0.3, -0.25) is 4.79 Å². The summed E-state index contributed by atoms with van der Waals surface area (Å²) in [4.78, 5) is 14.7. The van der Waals surface area contributed by atoms with Crippen LogP contribution in [0.15, 0.2) is 35.1 Å². The Hall–Kier alpha value is -3.00. The molecule has 8 heteroatoms. The minimum Gasteiger partial charge on any atom is -0.452 e. The molecule has 1 aliphatic rings. The number of aromatic nitrogens is 1. The maximum atomic E-state index is 13.0. The molecule has 1 saturated heterocycles. The minimum absolute atomic E-state index is 0.0781. The predicted molar refractivity (Wildman–Crippen MR) is 96.0 cm³/mol. The fraction of sp³-hybridized carbons (Fsp3) is 0.278. The lowest BCUT2D eigenvalue weighted by Crippen LogP contribution is -2.50. The van der Waals surface area contributed by atoms with Crippen molar-refractivity contribution in [1.82, 2.24) is 9.47 Å². The molecule has 2 heterocycles. The highest BCUT2D eigenvalue weighted by molar-refractivity contribution is 5.41. The smallest absolute Gasteiger partial charge is 0.293 e. The van der Waals surface area contributed by atoms with Crippen LogP contribution >= 0.6 is 0 Å². The van der Waals surface area contributed by atoms with Crippen molar-refractivity contribution in [3.8, 4) is 11.5 Å². The van der Waals surface area contributed by atoms with Crippen molar-refractivity contribution in [2.24, 2.45) is 18.5 Å². The Bertz CT molecular complexity index is 964. The first-order valence-corrected chi connectivity index (χ1v) is 8.19. The van der Waals surface area contributed by atoms with Gasteiger partial charge in [-0.15, -0.1) is 0 Å². The van der Waals surface area contributed by atoms with Gasteiger partial charge in [-0.05, 0) is 30.3 Å². The third-order valence-electron chi connectivity index (χ3n) is 4.23. The van der Waals surface area contributed by atoms with Crippen molar-refractivity contribution in [3.05, 3.63) is 57.1 Å². The highest BCUT2D eigenvalue weighted by Crippen LogP contribution is 2.17. The van der Waals surface area contributed by atoms with Gasteiger partial charge in [-0.25, -0.2) is 4.39 Å². The van der Waals surface area contributed by atoms with Crippen molar-refractivity contribution in [3.63, 3.8) is 0 Å². The van der Waals surface area contributed by atoms with Crippen molar-refractivity contribution in [2.75, 3.05) is 26.3 Å². The predicted octanol–water partition coefficient (Wildman–Crippen LogP) is -0.630. The summed E-state index contributed by atoms with van der Waals surface area (Å²) in [6.45, 7) is 2.42. The summed E-state index contributed by atoms with van der Waals surface area (Å²) in [5, 5.41) is 1.08. The summed E-state index contributed by atoms with van der Waals surface area (Å²) in [6.07, 6.45) is 1.37. The quantitative estimate of drug-likeness (QED) is 0.757. The Kier molecular flexibility index (Phi) is 5.13. The summed E-state index contributed by atoms with van der Waals surface area (Å²) in [7, 11) is 1.61. The average molecular weight is 360 g/mol. The molecule has 1 aliphatic heterocycles. The van der Waals surface area contributed by atoms with E-state index in [4.69, 9.17) is 20.9 Å². The Morgan fingerprint density at radius 3 is 2.54 bits per heavy atom. The van der Waals surface area contributed by atoms with E-state index in [2.05, 4.69) is 0 Å².